The number of nitrogens with two attached hydrogens (primary N) is 1. The Bertz CT molecular complexity index is 559. The molecule has 114 valence electrons. The van der Waals surface area contributed by atoms with Crippen LogP contribution in [0.5, 0.6) is 0 Å². The van der Waals surface area contributed by atoms with E-state index in [1.54, 1.807) is 4.90 Å². The van der Waals surface area contributed by atoms with Gasteiger partial charge in [0.1, 0.15) is 0 Å². The number of halogens is 3. The minimum atomic E-state index is -4.41. The first-order valence-corrected chi connectivity index (χ1v) is 6.76. The number of alkyl halides is 3. The van der Waals surface area contributed by atoms with Crippen LogP contribution in [0.3, 0.4) is 0 Å². The molecule has 1 heterocycles. The number of carbonyl (C=O) groups excluding carboxylic acids is 1. The number of hydrogen-bond donors (Lipinski definition) is 2. The van der Waals surface area contributed by atoms with Crippen molar-refractivity contribution in [2.45, 2.75) is 25.1 Å². The van der Waals surface area contributed by atoms with Gasteiger partial charge in [-0.05, 0) is 31.0 Å². The van der Waals surface area contributed by atoms with Crippen LogP contribution in [0.4, 0.5) is 23.7 Å². The third-order valence-corrected chi connectivity index (χ3v) is 4.17. The molecule has 0 unspecified atom stereocenters. The smallest absolute Gasteiger partial charge is 0.328 e. The van der Waals surface area contributed by atoms with Crippen LogP contribution in [0, 0.1) is 5.41 Å². The summed E-state index contributed by atoms with van der Waals surface area (Å²) in [4.78, 5) is 13.6. The molecule has 1 aromatic rings. The first kappa shape index (κ1) is 14.2. The number of nitrogens with one attached hydrogen (secondary N) is 1. The fourth-order valence-electron chi connectivity index (χ4n) is 3.19. The molecular weight excluding hydrogens is 283 g/mol. The van der Waals surface area contributed by atoms with Gasteiger partial charge in [0.2, 0.25) is 0 Å². The van der Waals surface area contributed by atoms with Crippen LogP contribution in [0.25, 0.3) is 0 Å². The fourth-order valence-corrected chi connectivity index (χ4v) is 3.19. The van der Waals surface area contributed by atoms with Crippen molar-refractivity contribution in [1.82, 2.24) is 4.90 Å². The average molecular weight is 299 g/mol. The lowest BCUT2D eigenvalue weighted by Gasteiger charge is -2.58. The molecule has 7 heteroatoms. The highest BCUT2D eigenvalue weighted by atomic mass is 19.4. The fraction of sp³-hybridized carbons (Fsp3) is 0.500. The van der Waals surface area contributed by atoms with Crippen LogP contribution < -0.4 is 11.1 Å². The summed E-state index contributed by atoms with van der Waals surface area (Å²) in [6, 6.07) is 4.50. The molecule has 0 atom stereocenters. The average Bonchev–Trinajstić information content (AvgIpc) is 2.31. The second kappa shape index (κ2) is 4.62. The summed E-state index contributed by atoms with van der Waals surface area (Å²) in [5, 5.41) is 2.51. The summed E-state index contributed by atoms with van der Waals surface area (Å²) in [6.45, 7) is 1.26. The summed E-state index contributed by atoms with van der Waals surface area (Å²) in [6.07, 6.45) is -2.58. The molecule has 2 aliphatic rings. The SMILES string of the molecule is NC1CC2(C1)CN(C(=O)Nc1cccc(C(F)(F)F)c1)C2. The van der Waals surface area contributed by atoms with Gasteiger partial charge in [0.05, 0.1) is 5.56 Å². The van der Waals surface area contributed by atoms with Crippen molar-refractivity contribution in [3.05, 3.63) is 29.8 Å². The number of hydrogen-bond acceptors (Lipinski definition) is 2. The van der Waals surface area contributed by atoms with Crippen molar-refractivity contribution in [2.24, 2.45) is 11.1 Å². The summed E-state index contributed by atoms with van der Waals surface area (Å²) in [5.74, 6) is 0. The zero-order valence-electron chi connectivity index (χ0n) is 11.3. The molecule has 21 heavy (non-hydrogen) atoms. The first-order chi connectivity index (χ1) is 9.77. The zero-order chi connectivity index (χ0) is 15.3. The third kappa shape index (κ3) is 2.70. The van der Waals surface area contributed by atoms with E-state index in [-0.39, 0.29) is 23.2 Å². The van der Waals surface area contributed by atoms with Crippen LogP contribution in [-0.4, -0.2) is 30.1 Å². The second-order valence-corrected chi connectivity index (χ2v) is 6.03. The predicted octanol–water partition coefficient (Wildman–Crippen LogP) is 2.66. The van der Waals surface area contributed by atoms with Crippen molar-refractivity contribution < 1.29 is 18.0 Å². The number of benzene rings is 1. The third-order valence-electron chi connectivity index (χ3n) is 4.17. The Kier molecular flexibility index (Phi) is 3.12. The van der Waals surface area contributed by atoms with Crippen molar-refractivity contribution in [3.8, 4) is 0 Å². The van der Waals surface area contributed by atoms with E-state index in [2.05, 4.69) is 5.32 Å². The van der Waals surface area contributed by atoms with E-state index < -0.39 is 11.7 Å². The second-order valence-electron chi connectivity index (χ2n) is 6.03. The Morgan fingerprint density at radius 3 is 2.57 bits per heavy atom. The Morgan fingerprint density at radius 1 is 1.33 bits per heavy atom. The van der Waals surface area contributed by atoms with E-state index in [4.69, 9.17) is 5.73 Å². The molecule has 0 bridgehead atoms. The van der Waals surface area contributed by atoms with Gasteiger partial charge >= 0.3 is 12.2 Å². The van der Waals surface area contributed by atoms with E-state index in [9.17, 15) is 18.0 Å². The lowest BCUT2D eigenvalue weighted by Crippen LogP contribution is -2.67. The Labute approximate surface area is 120 Å². The maximum atomic E-state index is 12.6. The first-order valence-electron chi connectivity index (χ1n) is 6.76. The van der Waals surface area contributed by atoms with E-state index in [1.165, 1.54) is 12.1 Å². The topological polar surface area (TPSA) is 58.4 Å². The van der Waals surface area contributed by atoms with E-state index in [1.807, 2.05) is 0 Å². The van der Waals surface area contributed by atoms with Gasteiger partial charge in [-0.3, -0.25) is 0 Å². The van der Waals surface area contributed by atoms with E-state index in [0.717, 1.165) is 25.0 Å². The summed E-state index contributed by atoms with van der Waals surface area (Å²) in [5.41, 5.74) is 5.28. The highest BCUT2D eigenvalue weighted by Crippen LogP contribution is 2.47. The quantitative estimate of drug-likeness (QED) is 0.837. The summed E-state index contributed by atoms with van der Waals surface area (Å²) < 4.78 is 37.8. The number of nitrogens with zero attached hydrogens (tertiary/aromatic N) is 1. The molecule has 0 radical (unpaired) electrons. The van der Waals surface area contributed by atoms with Crippen LogP contribution in [0.1, 0.15) is 18.4 Å². The monoisotopic (exact) mass is 299 g/mol. The van der Waals surface area contributed by atoms with E-state index >= 15 is 0 Å². The molecule has 2 fully saturated rings. The largest absolute Gasteiger partial charge is 0.416 e. The highest BCUT2D eigenvalue weighted by Gasteiger charge is 2.52. The summed E-state index contributed by atoms with van der Waals surface area (Å²) in [7, 11) is 0. The molecule has 1 spiro atoms. The molecule has 1 saturated carbocycles. The van der Waals surface area contributed by atoms with Crippen molar-refractivity contribution in [2.75, 3.05) is 18.4 Å². The van der Waals surface area contributed by atoms with Gasteiger partial charge in [0.15, 0.2) is 0 Å². The lowest BCUT2D eigenvalue weighted by molar-refractivity contribution is -0.137. The van der Waals surface area contributed by atoms with Crippen molar-refractivity contribution >= 4 is 11.7 Å². The van der Waals surface area contributed by atoms with Crippen LogP contribution in [0.2, 0.25) is 0 Å². The van der Waals surface area contributed by atoms with E-state index in [0.29, 0.717) is 13.1 Å². The zero-order valence-corrected chi connectivity index (χ0v) is 11.3. The highest BCUT2D eigenvalue weighted by molar-refractivity contribution is 5.90. The number of urea groups is 1. The number of carbonyl (C=O) groups is 1. The molecule has 1 aliphatic carbocycles. The van der Waals surface area contributed by atoms with Crippen molar-refractivity contribution in [3.63, 3.8) is 0 Å². The predicted molar refractivity (Wildman–Crippen MR) is 71.7 cm³/mol. The molecule has 3 N–H and O–H groups in total. The molecule has 0 aromatic heterocycles. The lowest BCUT2D eigenvalue weighted by atomic mass is 9.61. The molecule has 2 amide bonds. The standard InChI is InChI=1S/C14H16F3N3O/c15-14(16,17)9-2-1-3-11(4-9)19-12(21)20-7-13(8-20)5-10(18)6-13/h1-4,10H,5-8,18H2,(H,19,21). The van der Waals surface area contributed by atoms with Crippen LogP contribution in [-0.2, 0) is 6.18 Å². The van der Waals surface area contributed by atoms with Gasteiger partial charge < -0.3 is 16.0 Å². The Morgan fingerprint density at radius 2 is 2.00 bits per heavy atom. The van der Waals surface area contributed by atoms with Crippen LogP contribution >= 0.6 is 0 Å². The van der Waals surface area contributed by atoms with Gasteiger partial charge in [0.25, 0.3) is 0 Å². The maximum absolute atomic E-state index is 12.6. The molecule has 1 aromatic carbocycles. The normalized spacial score (nSPS) is 20.9. The van der Waals surface area contributed by atoms with Crippen LogP contribution in [0.15, 0.2) is 24.3 Å². The Balaban J connectivity index is 1.59. The minimum Gasteiger partial charge on any atom is -0.328 e. The molecule has 4 nitrogen and oxygen atoms in total. The van der Waals surface area contributed by atoms with Gasteiger partial charge in [-0.15, -0.1) is 0 Å². The van der Waals surface area contributed by atoms with Gasteiger partial charge in [0, 0.05) is 30.2 Å². The van der Waals surface area contributed by atoms with Gasteiger partial charge in [-0.1, -0.05) is 6.07 Å². The maximum Gasteiger partial charge on any atom is 0.416 e. The molecule has 1 saturated heterocycles. The minimum absolute atomic E-state index is 0.154. The van der Waals surface area contributed by atoms with Gasteiger partial charge in [-0.25, -0.2) is 4.79 Å². The summed E-state index contributed by atoms with van der Waals surface area (Å²) >= 11 is 0. The number of anilines is 1. The number of rotatable bonds is 1. The van der Waals surface area contributed by atoms with Gasteiger partial charge in [-0.2, -0.15) is 13.2 Å². The molecular formula is C14H16F3N3O. The molecule has 3 rings (SSSR count). The number of amides is 2. The number of likely N-dealkylation sites (tertiary alicyclic amines) is 1. The Hall–Kier alpha value is -1.76. The van der Waals surface area contributed by atoms with Crippen molar-refractivity contribution in [1.29, 1.82) is 0 Å². The molecule has 1 aliphatic heterocycles.